The van der Waals surface area contributed by atoms with E-state index in [9.17, 15) is 0 Å². The maximum absolute atomic E-state index is 5.72. The van der Waals surface area contributed by atoms with Crippen LogP contribution in [0.2, 0.25) is 0 Å². The van der Waals surface area contributed by atoms with Crippen LogP contribution in [0.3, 0.4) is 0 Å². The molecule has 0 amide bonds. The Morgan fingerprint density at radius 3 is 2.39 bits per heavy atom. The van der Waals surface area contributed by atoms with Gasteiger partial charge in [-0.05, 0) is 38.1 Å². The standard InChI is InChI=1S/C15H25N3/c16-9-12-18(15-7-3-1-4-8-15)14-13-17-10-5-2-6-11-17/h1,3-4,7-8H,2,5-6,9-14,16H2. The molecule has 0 aliphatic carbocycles. The van der Waals surface area contributed by atoms with Crippen LogP contribution in [-0.4, -0.2) is 44.2 Å². The number of anilines is 1. The Morgan fingerprint density at radius 1 is 1.00 bits per heavy atom. The fourth-order valence-corrected chi connectivity index (χ4v) is 2.61. The fourth-order valence-electron chi connectivity index (χ4n) is 2.61. The molecule has 1 aromatic rings. The Balaban J connectivity index is 1.86. The van der Waals surface area contributed by atoms with Gasteiger partial charge in [-0.25, -0.2) is 0 Å². The summed E-state index contributed by atoms with van der Waals surface area (Å²) >= 11 is 0. The smallest absolute Gasteiger partial charge is 0.0367 e. The van der Waals surface area contributed by atoms with Crippen molar-refractivity contribution in [1.29, 1.82) is 0 Å². The van der Waals surface area contributed by atoms with Gasteiger partial charge in [0.2, 0.25) is 0 Å². The van der Waals surface area contributed by atoms with E-state index >= 15 is 0 Å². The van der Waals surface area contributed by atoms with E-state index in [1.54, 1.807) is 0 Å². The summed E-state index contributed by atoms with van der Waals surface area (Å²) in [5.41, 5.74) is 7.01. The molecule has 100 valence electrons. The van der Waals surface area contributed by atoms with E-state index in [0.717, 1.165) is 26.2 Å². The molecule has 1 aliphatic rings. The van der Waals surface area contributed by atoms with Gasteiger partial charge in [-0.1, -0.05) is 24.6 Å². The van der Waals surface area contributed by atoms with Crippen molar-refractivity contribution in [2.24, 2.45) is 5.73 Å². The van der Waals surface area contributed by atoms with Crippen LogP contribution in [0, 0.1) is 0 Å². The summed E-state index contributed by atoms with van der Waals surface area (Å²) in [7, 11) is 0. The Kier molecular flexibility index (Phi) is 5.49. The predicted molar refractivity (Wildman–Crippen MR) is 78.0 cm³/mol. The predicted octanol–water partition coefficient (Wildman–Crippen LogP) is 1.94. The van der Waals surface area contributed by atoms with Crippen LogP contribution in [0.5, 0.6) is 0 Å². The van der Waals surface area contributed by atoms with E-state index in [0.29, 0.717) is 0 Å². The van der Waals surface area contributed by atoms with Gasteiger partial charge >= 0.3 is 0 Å². The monoisotopic (exact) mass is 247 g/mol. The van der Waals surface area contributed by atoms with Crippen LogP contribution in [0.15, 0.2) is 30.3 Å². The summed E-state index contributed by atoms with van der Waals surface area (Å²) < 4.78 is 0. The highest BCUT2D eigenvalue weighted by atomic mass is 15.2. The molecule has 1 saturated heterocycles. The molecule has 0 unspecified atom stereocenters. The van der Waals surface area contributed by atoms with Gasteiger partial charge in [0.15, 0.2) is 0 Å². The van der Waals surface area contributed by atoms with Gasteiger partial charge in [-0.15, -0.1) is 0 Å². The van der Waals surface area contributed by atoms with Crippen molar-refractivity contribution in [3.63, 3.8) is 0 Å². The van der Waals surface area contributed by atoms with E-state index in [1.165, 1.54) is 38.0 Å². The van der Waals surface area contributed by atoms with Crippen molar-refractivity contribution in [2.45, 2.75) is 19.3 Å². The summed E-state index contributed by atoms with van der Waals surface area (Å²) in [4.78, 5) is 4.98. The van der Waals surface area contributed by atoms with Gasteiger partial charge in [0.05, 0.1) is 0 Å². The molecule has 2 rings (SSSR count). The van der Waals surface area contributed by atoms with Crippen LogP contribution in [0.1, 0.15) is 19.3 Å². The molecule has 0 bridgehead atoms. The lowest BCUT2D eigenvalue weighted by atomic mass is 10.1. The van der Waals surface area contributed by atoms with Crippen molar-refractivity contribution < 1.29 is 0 Å². The highest BCUT2D eigenvalue weighted by Crippen LogP contribution is 2.13. The third kappa shape index (κ3) is 4.00. The number of nitrogens with zero attached hydrogens (tertiary/aromatic N) is 2. The molecular formula is C15H25N3. The molecule has 0 radical (unpaired) electrons. The second-order valence-electron chi connectivity index (χ2n) is 5.01. The highest BCUT2D eigenvalue weighted by molar-refractivity contribution is 5.45. The number of para-hydroxylation sites is 1. The Hall–Kier alpha value is -1.06. The zero-order valence-corrected chi connectivity index (χ0v) is 11.2. The van der Waals surface area contributed by atoms with Gasteiger partial charge in [-0.3, -0.25) is 0 Å². The third-order valence-electron chi connectivity index (χ3n) is 3.66. The van der Waals surface area contributed by atoms with E-state index < -0.39 is 0 Å². The number of hydrogen-bond acceptors (Lipinski definition) is 3. The molecule has 0 aromatic heterocycles. The average molecular weight is 247 g/mol. The molecule has 1 fully saturated rings. The minimum absolute atomic E-state index is 0.717. The van der Waals surface area contributed by atoms with E-state index in [2.05, 4.69) is 40.1 Å². The van der Waals surface area contributed by atoms with Crippen molar-refractivity contribution in [1.82, 2.24) is 4.90 Å². The van der Waals surface area contributed by atoms with Gasteiger partial charge in [0.25, 0.3) is 0 Å². The van der Waals surface area contributed by atoms with Gasteiger partial charge in [-0.2, -0.15) is 0 Å². The van der Waals surface area contributed by atoms with Crippen LogP contribution >= 0.6 is 0 Å². The molecule has 0 saturated carbocycles. The molecule has 1 heterocycles. The molecule has 0 atom stereocenters. The Morgan fingerprint density at radius 2 is 1.72 bits per heavy atom. The number of nitrogens with two attached hydrogens (primary N) is 1. The summed E-state index contributed by atoms with van der Waals surface area (Å²) in [5, 5.41) is 0. The zero-order chi connectivity index (χ0) is 12.6. The highest BCUT2D eigenvalue weighted by Gasteiger charge is 2.12. The lowest BCUT2D eigenvalue weighted by Gasteiger charge is -2.31. The summed E-state index contributed by atoms with van der Waals surface area (Å²) in [6.45, 7) is 6.44. The molecule has 3 heteroatoms. The van der Waals surface area contributed by atoms with Gasteiger partial charge in [0.1, 0.15) is 0 Å². The first-order valence-electron chi connectivity index (χ1n) is 7.12. The van der Waals surface area contributed by atoms with Crippen LogP contribution < -0.4 is 10.6 Å². The lowest BCUT2D eigenvalue weighted by molar-refractivity contribution is 0.233. The Labute approximate surface area is 111 Å². The van der Waals surface area contributed by atoms with Gasteiger partial charge < -0.3 is 15.5 Å². The van der Waals surface area contributed by atoms with Crippen LogP contribution in [0.4, 0.5) is 5.69 Å². The maximum atomic E-state index is 5.72. The fraction of sp³-hybridized carbons (Fsp3) is 0.600. The van der Waals surface area contributed by atoms with E-state index in [4.69, 9.17) is 5.73 Å². The minimum atomic E-state index is 0.717. The van der Waals surface area contributed by atoms with E-state index in [-0.39, 0.29) is 0 Å². The number of likely N-dealkylation sites (tertiary alicyclic amines) is 1. The third-order valence-corrected chi connectivity index (χ3v) is 3.66. The first-order valence-corrected chi connectivity index (χ1v) is 7.12. The van der Waals surface area contributed by atoms with Crippen molar-refractivity contribution in [2.75, 3.05) is 44.2 Å². The largest absolute Gasteiger partial charge is 0.369 e. The SMILES string of the molecule is NCCN(CCN1CCCCC1)c1ccccc1. The molecule has 0 spiro atoms. The number of benzene rings is 1. The topological polar surface area (TPSA) is 32.5 Å². The summed E-state index contributed by atoms with van der Waals surface area (Å²) in [5.74, 6) is 0. The molecular weight excluding hydrogens is 222 g/mol. The Bertz CT molecular complexity index is 320. The van der Waals surface area contributed by atoms with Crippen LogP contribution in [-0.2, 0) is 0 Å². The number of rotatable bonds is 6. The summed E-state index contributed by atoms with van der Waals surface area (Å²) in [6, 6.07) is 10.6. The van der Waals surface area contributed by atoms with Crippen molar-refractivity contribution in [3.8, 4) is 0 Å². The van der Waals surface area contributed by atoms with Gasteiger partial charge in [0, 0.05) is 31.9 Å². The summed E-state index contributed by atoms with van der Waals surface area (Å²) in [6.07, 6.45) is 4.13. The lowest BCUT2D eigenvalue weighted by Crippen LogP contribution is -2.39. The first kappa shape index (κ1) is 13.4. The van der Waals surface area contributed by atoms with Crippen molar-refractivity contribution >= 4 is 5.69 Å². The second-order valence-corrected chi connectivity index (χ2v) is 5.01. The maximum Gasteiger partial charge on any atom is 0.0367 e. The zero-order valence-electron chi connectivity index (χ0n) is 11.2. The molecule has 1 aromatic carbocycles. The average Bonchev–Trinajstić information content (AvgIpc) is 2.45. The normalized spacial score (nSPS) is 16.7. The first-order chi connectivity index (χ1) is 8.90. The number of piperidine rings is 1. The molecule has 1 aliphatic heterocycles. The van der Waals surface area contributed by atoms with Crippen molar-refractivity contribution in [3.05, 3.63) is 30.3 Å². The number of hydrogen-bond donors (Lipinski definition) is 1. The minimum Gasteiger partial charge on any atom is -0.369 e. The van der Waals surface area contributed by atoms with E-state index in [1.807, 2.05) is 0 Å². The molecule has 3 nitrogen and oxygen atoms in total. The molecule has 18 heavy (non-hydrogen) atoms. The molecule has 2 N–H and O–H groups in total. The second kappa shape index (κ2) is 7.39. The van der Waals surface area contributed by atoms with Crippen LogP contribution in [0.25, 0.3) is 0 Å². The quantitative estimate of drug-likeness (QED) is 0.834.